The van der Waals surface area contributed by atoms with E-state index in [1.807, 2.05) is 0 Å². The highest BCUT2D eigenvalue weighted by Gasteiger charge is 2.21. The van der Waals surface area contributed by atoms with E-state index in [2.05, 4.69) is 0 Å². The zero-order valence-corrected chi connectivity index (χ0v) is 13.8. The summed E-state index contributed by atoms with van der Waals surface area (Å²) >= 11 is 2.35. The molecular weight excluding hydrogens is 330 g/mol. The van der Waals surface area contributed by atoms with Gasteiger partial charge in [0.25, 0.3) is 0 Å². The molecule has 0 saturated heterocycles. The molecule has 1 heterocycles. The van der Waals surface area contributed by atoms with Crippen molar-refractivity contribution in [2.75, 3.05) is 14.1 Å². The molecule has 0 aliphatic carbocycles. The summed E-state index contributed by atoms with van der Waals surface area (Å²) in [5.74, 6) is -0.985. The Morgan fingerprint density at radius 3 is 2.52 bits per heavy atom. The van der Waals surface area contributed by atoms with Crippen molar-refractivity contribution >= 4 is 39.1 Å². The first-order valence-corrected chi connectivity index (χ1v) is 8.97. The van der Waals surface area contributed by atoms with E-state index in [9.17, 15) is 13.2 Å². The van der Waals surface area contributed by atoms with Crippen molar-refractivity contribution in [2.24, 2.45) is 0 Å². The van der Waals surface area contributed by atoms with Crippen LogP contribution in [0.3, 0.4) is 0 Å². The average Bonchev–Trinajstić information content (AvgIpc) is 2.87. The fourth-order valence-electron chi connectivity index (χ4n) is 1.56. The summed E-state index contributed by atoms with van der Waals surface area (Å²) in [4.78, 5) is 12.6. The molecule has 0 aliphatic heterocycles. The van der Waals surface area contributed by atoms with E-state index < -0.39 is 16.0 Å². The number of nitrogens with zero attached hydrogens (tertiary/aromatic N) is 1. The Hall–Kier alpha value is -1.35. The van der Waals surface area contributed by atoms with Gasteiger partial charge in [0.1, 0.15) is 4.88 Å². The lowest BCUT2D eigenvalue weighted by Gasteiger charge is -2.14. The number of thiophene rings is 1. The van der Waals surface area contributed by atoms with E-state index in [4.69, 9.17) is 5.11 Å². The molecule has 0 saturated carbocycles. The molecule has 0 unspecified atom stereocenters. The van der Waals surface area contributed by atoms with Gasteiger partial charge in [0.05, 0.1) is 4.90 Å². The molecule has 21 heavy (non-hydrogen) atoms. The maximum Gasteiger partial charge on any atom is 0.345 e. The second-order valence-corrected chi connectivity index (χ2v) is 8.43. The maximum atomic E-state index is 12.3. The van der Waals surface area contributed by atoms with Crippen molar-refractivity contribution in [3.63, 3.8) is 0 Å². The van der Waals surface area contributed by atoms with Crippen LogP contribution in [-0.2, 0) is 10.0 Å². The van der Waals surface area contributed by atoms with Gasteiger partial charge in [-0.05, 0) is 18.2 Å². The van der Waals surface area contributed by atoms with Gasteiger partial charge < -0.3 is 5.11 Å². The van der Waals surface area contributed by atoms with Crippen molar-refractivity contribution in [3.8, 4) is 0 Å². The Kier molecular flexibility index (Phi) is 4.72. The minimum atomic E-state index is -3.54. The number of rotatable bonds is 5. The minimum absolute atomic E-state index is 0.211. The van der Waals surface area contributed by atoms with Gasteiger partial charge in [-0.2, -0.15) is 0 Å². The highest BCUT2D eigenvalue weighted by Crippen LogP contribution is 2.35. The summed E-state index contributed by atoms with van der Waals surface area (Å²) in [6, 6.07) is 8.20. The lowest BCUT2D eigenvalue weighted by molar-refractivity contribution is 0.0702. The van der Waals surface area contributed by atoms with Gasteiger partial charge in [-0.1, -0.05) is 23.9 Å². The minimum Gasteiger partial charge on any atom is -0.477 e. The molecule has 1 N–H and O–H groups in total. The lowest BCUT2D eigenvalue weighted by atomic mass is 10.4. The van der Waals surface area contributed by atoms with E-state index in [0.29, 0.717) is 9.79 Å². The number of hydrogen-bond acceptors (Lipinski definition) is 5. The van der Waals surface area contributed by atoms with Crippen molar-refractivity contribution in [1.82, 2.24) is 4.31 Å². The van der Waals surface area contributed by atoms with Crippen LogP contribution in [0.25, 0.3) is 0 Å². The van der Waals surface area contributed by atoms with Crippen LogP contribution in [-0.4, -0.2) is 37.9 Å². The van der Waals surface area contributed by atoms with Crippen LogP contribution in [0.1, 0.15) is 9.67 Å². The van der Waals surface area contributed by atoms with E-state index in [0.717, 1.165) is 15.6 Å². The van der Waals surface area contributed by atoms with Crippen molar-refractivity contribution in [1.29, 1.82) is 0 Å². The predicted molar refractivity (Wildman–Crippen MR) is 82.7 cm³/mol. The van der Waals surface area contributed by atoms with Crippen LogP contribution >= 0.6 is 23.1 Å². The van der Waals surface area contributed by atoms with Crippen LogP contribution in [0.15, 0.2) is 50.4 Å². The summed E-state index contributed by atoms with van der Waals surface area (Å²) in [5, 5.41) is 10.6. The standard InChI is InChI=1S/C13H13NO4S3/c1-14(2)21(17,18)12-6-4-3-5-10(12)20-9-7-11(13(15)16)19-8-9/h3-8H,1-2H3,(H,15,16). The second-order valence-electron chi connectivity index (χ2n) is 4.29. The van der Waals surface area contributed by atoms with E-state index in [1.54, 1.807) is 29.6 Å². The molecular formula is C13H13NO4S3. The third-order valence-electron chi connectivity index (χ3n) is 2.62. The summed E-state index contributed by atoms with van der Waals surface area (Å²) < 4.78 is 25.7. The van der Waals surface area contributed by atoms with E-state index >= 15 is 0 Å². The lowest BCUT2D eigenvalue weighted by Crippen LogP contribution is -2.22. The molecule has 0 aliphatic rings. The molecule has 2 rings (SSSR count). The van der Waals surface area contributed by atoms with Crippen molar-refractivity contribution in [2.45, 2.75) is 14.7 Å². The van der Waals surface area contributed by atoms with Gasteiger partial charge in [0, 0.05) is 29.3 Å². The fraction of sp³-hybridized carbons (Fsp3) is 0.154. The van der Waals surface area contributed by atoms with Crippen molar-refractivity contribution < 1.29 is 18.3 Å². The number of carboxylic acids is 1. The summed E-state index contributed by atoms with van der Waals surface area (Å²) in [6.45, 7) is 0. The predicted octanol–water partition coefficient (Wildman–Crippen LogP) is 2.85. The second kappa shape index (κ2) is 6.18. The average molecular weight is 343 g/mol. The summed E-state index contributed by atoms with van der Waals surface area (Å²) in [5.41, 5.74) is 0. The van der Waals surface area contributed by atoms with Crippen LogP contribution in [0, 0.1) is 0 Å². The molecule has 0 fully saturated rings. The van der Waals surface area contributed by atoms with Crippen molar-refractivity contribution in [3.05, 3.63) is 40.6 Å². The van der Waals surface area contributed by atoms with Gasteiger partial charge in [-0.25, -0.2) is 17.5 Å². The molecule has 0 spiro atoms. The SMILES string of the molecule is CN(C)S(=O)(=O)c1ccccc1Sc1csc(C(=O)O)c1. The molecule has 1 aromatic heterocycles. The number of hydrogen-bond donors (Lipinski definition) is 1. The smallest absolute Gasteiger partial charge is 0.345 e. The highest BCUT2D eigenvalue weighted by molar-refractivity contribution is 8.00. The summed E-state index contributed by atoms with van der Waals surface area (Å²) in [7, 11) is -0.585. The first-order valence-electron chi connectivity index (χ1n) is 5.83. The number of carboxylic acid groups (broad SMARTS) is 1. The van der Waals surface area contributed by atoms with Gasteiger partial charge in [-0.15, -0.1) is 11.3 Å². The molecule has 8 heteroatoms. The quantitative estimate of drug-likeness (QED) is 0.903. The number of aromatic carboxylic acids is 1. The van der Waals surface area contributed by atoms with Crippen LogP contribution in [0.5, 0.6) is 0 Å². The Balaban J connectivity index is 2.39. The van der Waals surface area contributed by atoms with E-state index in [-0.39, 0.29) is 9.77 Å². The number of carbonyl (C=O) groups is 1. The van der Waals surface area contributed by atoms with Gasteiger partial charge in [-0.3, -0.25) is 0 Å². The molecule has 2 aromatic rings. The normalized spacial score (nSPS) is 11.8. The summed E-state index contributed by atoms with van der Waals surface area (Å²) in [6.07, 6.45) is 0. The number of sulfonamides is 1. The first kappa shape index (κ1) is 16.0. The zero-order chi connectivity index (χ0) is 15.6. The van der Waals surface area contributed by atoms with Crippen LogP contribution < -0.4 is 0 Å². The monoisotopic (exact) mass is 343 g/mol. The third-order valence-corrected chi connectivity index (χ3v) is 6.74. The Morgan fingerprint density at radius 2 is 1.95 bits per heavy atom. The molecule has 5 nitrogen and oxygen atoms in total. The van der Waals surface area contributed by atoms with Crippen LogP contribution in [0.4, 0.5) is 0 Å². The topological polar surface area (TPSA) is 74.7 Å². The molecule has 112 valence electrons. The third kappa shape index (κ3) is 3.46. The largest absolute Gasteiger partial charge is 0.477 e. The Labute approximate surface area is 131 Å². The zero-order valence-electron chi connectivity index (χ0n) is 11.3. The number of benzene rings is 1. The highest BCUT2D eigenvalue weighted by atomic mass is 32.2. The fourth-order valence-corrected chi connectivity index (χ4v) is 4.73. The molecule has 0 bridgehead atoms. The molecule has 0 amide bonds. The first-order chi connectivity index (χ1) is 9.82. The molecule has 0 atom stereocenters. The molecule has 0 radical (unpaired) electrons. The Morgan fingerprint density at radius 1 is 1.29 bits per heavy atom. The maximum absolute atomic E-state index is 12.3. The van der Waals surface area contributed by atoms with Gasteiger partial charge in [0.15, 0.2) is 0 Å². The van der Waals surface area contributed by atoms with Gasteiger partial charge in [0.2, 0.25) is 10.0 Å². The molecule has 1 aromatic carbocycles. The van der Waals surface area contributed by atoms with E-state index in [1.165, 1.54) is 31.9 Å². The van der Waals surface area contributed by atoms with Gasteiger partial charge >= 0.3 is 5.97 Å². The Bertz CT molecular complexity index is 765. The van der Waals surface area contributed by atoms with Crippen LogP contribution in [0.2, 0.25) is 0 Å².